The van der Waals surface area contributed by atoms with E-state index in [0.29, 0.717) is 0 Å². The van der Waals surface area contributed by atoms with Crippen LogP contribution in [0.4, 0.5) is 10.0 Å². The zero-order valence-corrected chi connectivity index (χ0v) is 43.5. The number of ether oxygens (including phenoxy) is 1. The summed E-state index contributed by atoms with van der Waals surface area (Å²) >= 11 is 14.6. The Hall–Kier alpha value is -2.70. The third-order valence-electron chi connectivity index (χ3n) is 13.3. The van der Waals surface area contributed by atoms with Crippen molar-refractivity contribution in [2.45, 2.75) is 81.9 Å². The molecule has 6 aromatic heterocycles. The first-order valence-electron chi connectivity index (χ1n) is 20.5. The van der Waals surface area contributed by atoms with Gasteiger partial charge in [-0.05, 0) is 146 Å². The van der Waals surface area contributed by atoms with E-state index in [4.69, 9.17) is 11.3 Å². The van der Waals surface area contributed by atoms with Crippen molar-refractivity contribution in [1.82, 2.24) is 0 Å². The molecule has 6 nitrogen and oxygen atoms in total. The number of nitrogens with zero attached hydrogens (tertiary/aromatic N) is 1. The second-order valence-corrected chi connectivity index (χ2v) is 37.9. The molecule has 0 saturated carbocycles. The molecule has 60 heavy (non-hydrogen) atoms. The molecule has 6 aromatic rings. The van der Waals surface area contributed by atoms with E-state index in [9.17, 15) is 9.59 Å². The van der Waals surface area contributed by atoms with Gasteiger partial charge >= 0.3 is 5.97 Å². The Morgan fingerprint density at radius 3 is 1.65 bits per heavy atom. The highest BCUT2D eigenvalue weighted by Crippen LogP contribution is 2.50. The molecule has 16 heteroatoms. The van der Waals surface area contributed by atoms with Crippen molar-refractivity contribution in [2.75, 3.05) is 24.7 Å². The highest BCUT2D eigenvalue weighted by molar-refractivity contribution is 9.11. The predicted octanol–water partition coefficient (Wildman–Crippen LogP) is 10.5. The van der Waals surface area contributed by atoms with Crippen LogP contribution >= 0.6 is 84.0 Å². The van der Waals surface area contributed by atoms with E-state index in [1.165, 1.54) is 94.0 Å². The molecule has 12 heterocycles. The Morgan fingerprint density at radius 2 is 1.17 bits per heavy atom. The van der Waals surface area contributed by atoms with Crippen LogP contribution in [-0.4, -0.2) is 56.2 Å². The zero-order chi connectivity index (χ0) is 41.8. The summed E-state index contributed by atoms with van der Waals surface area (Å²) in [5.41, 5.74) is -0.548. The molecule has 6 aliphatic rings. The summed E-state index contributed by atoms with van der Waals surface area (Å²) in [6.45, 7) is 12.8. The summed E-state index contributed by atoms with van der Waals surface area (Å²) in [6.07, 6.45) is 6.84. The molecule has 0 amide bonds. The number of anilines is 2. The maximum absolute atomic E-state index is 12.3. The van der Waals surface area contributed by atoms with Gasteiger partial charge in [-0.3, -0.25) is 9.59 Å². The summed E-state index contributed by atoms with van der Waals surface area (Å²) in [4.78, 5) is 37.5. The number of hydrogen-bond acceptors (Lipinski definition) is 11. The van der Waals surface area contributed by atoms with E-state index in [1.807, 2.05) is 80.2 Å². The van der Waals surface area contributed by atoms with Crippen LogP contribution in [-0.2, 0) is 9.53 Å². The number of aldehydes is 1. The quantitative estimate of drug-likeness (QED) is 0.0592. The molecule has 0 unspecified atom stereocenters. The Bertz CT molecular complexity index is 2800. The Labute approximate surface area is 386 Å². The third kappa shape index (κ3) is 6.35. The average molecular weight is 1020 g/mol. The van der Waals surface area contributed by atoms with Crippen LogP contribution in [0.25, 0.3) is 40.2 Å². The van der Waals surface area contributed by atoms with Gasteiger partial charge in [0, 0.05) is 48.2 Å². The second-order valence-electron chi connectivity index (χ2n) is 17.5. The first kappa shape index (κ1) is 41.3. The van der Waals surface area contributed by atoms with Crippen molar-refractivity contribution in [1.29, 1.82) is 0 Å². The molecule has 3 saturated heterocycles. The Balaban J connectivity index is 0.000000113. The number of nitrogens with one attached hydrogen (secondary N) is 2. The lowest BCUT2D eigenvalue weighted by molar-refractivity contribution is -0.149. The van der Waals surface area contributed by atoms with Gasteiger partial charge < -0.3 is 15.4 Å². The maximum atomic E-state index is 12.3. The Kier molecular flexibility index (Phi) is 10.5. The molecule has 0 bridgehead atoms. The van der Waals surface area contributed by atoms with Gasteiger partial charge in [0.1, 0.15) is 29.8 Å². The molecule has 6 aliphatic heterocycles. The van der Waals surface area contributed by atoms with Crippen LogP contribution in [0.2, 0.25) is 36.3 Å². The van der Waals surface area contributed by atoms with Gasteiger partial charge in [-0.15, -0.1) is 68.0 Å². The molecule has 3 spiro atoms. The topological polar surface area (TPSA) is 71.8 Å². The summed E-state index contributed by atoms with van der Waals surface area (Å²) in [7, 11) is -0.148. The number of halogens is 1. The molecule has 0 aliphatic carbocycles. The molecule has 0 aromatic carbocycles. The molecule has 2 N–H and O–H groups in total. The number of carbonyl (C=O) groups excluding carboxylic acids is 2. The Morgan fingerprint density at radius 1 is 0.700 bits per heavy atom. The molecule has 0 atom stereocenters. The second kappa shape index (κ2) is 15.2. The number of carbonyl (C=O) groups is 2. The van der Waals surface area contributed by atoms with Crippen LogP contribution in [0.3, 0.4) is 0 Å². The summed E-state index contributed by atoms with van der Waals surface area (Å²) in [5.74, 6) is -0.545. The first-order valence-corrected chi connectivity index (χ1v) is 33.5. The van der Waals surface area contributed by atoms with Crippen molar-refractivity contribution in [3.63, 3.8) is 0 Å². The van der Waals surface area contributed by atoms with E-state index in [2.05, 4.69) is 73.2 Å². The molecular formula is C44H44BrN3O3S6Si3. The minimum atomic E-state index is -1.56. The van der Waals surface area contributed by atoms with Gasteiger partial charge in [0.2, 0.25) is 0 Å². The number of thiophene rings is 6. The highest BCUT2D eigenvalue weighted by Gasteiger charge is 2.54. The standard InChI is InChI=1S/C20H22N2O2S2Si.C13H13NOS2Si.C11H9BrS2Si/c1-20(2,3)24-19(23)13(21-4)9-12-10-14-17(25-12)18-15(11-16(22-5)26-18)27(14)7-6-8-27;1-14-11-6-10-13(17-11)12-9(5-8(7-15)16-12)18(10)3-2-4-18;12-9-6-8-11(14-9)10-7(2-3-13-10)15(8)4-1-5-15/h9-11,22H,6-8H2,1-3,5H3;5-7,14H,2-4H2,1H3;2-3,6H,1,4-5H2/b13-9-;;. The maximum Gasteiger partial charge on any atom is 0.336 e. The van der Waals surface area contributed by atoms with Crippen LogP contribution in [0.5, 0.6) is 0 Å². The van der Waals surface area contributed by atoms with Crippen molar-refractivity contribution < 1.29 is 14.3 Å². The lowest BCUT2D eigenvalue weighted by Gasteiger charge is -2.37. The van der Waals surface area contributed by atoms with Gasteiger partial charge in [0.25, 0.3) is 5.70 Å². The highest BCUT2D eigenvalue weighted by atomic mass is 79.9. The fourth-order valence-corrected chi connectivity index (χ4v) is 35.6. The monoisotopic (exact) mass is 1020 g/mol. The molecule has 308 valence electrons. The van der Waals surface area contributed by atoms with Crippen molar-refractivity contribution in [3.8, 4) is 29.3 Å². The van der Waals surface area contributed by atoms with Gasteiger partial charge in [-0.2, -0.15) is 0 Å². The predicted molar refractivity (Wildman–Crippen MR) is 273 cm³/mol. The van der Waals surface area contributed by atoms with Crippen molar-refractivity contribution in [2.24, 2.45) is 0 Å². The van der Waals surface area contributed by atoms with Gasteiger partial charge in [-0.1, -0.05) is 25.3 Å². The summed E-state index contributed by atoms with van der Waals surface area (Å²) in [6, 6.07) is 22.4. The van der Waals surface area contributed by atoms with E-state index < -0.39 is 35.8 Å². The third-order valence-corrected chi connectivity index (χ3v) is 37.7. The minimum Gasteiger partial charge on any atom is -0.465 e. The fourth-order valence-electron chi connectivity index (χ4n) is 10.1. The lowest BCUT2D eigenvalue weighted by atomic mass is 10.2. The van der Waals surface area contributed by atoms with E-state index in [0.717, 1.165) is 16.0 Å². The van der Waals surface area contributed by atoms with Crippen LogP contribution < -0.4 is 41.8 Å². The molecule has 0 radical (unpaired) electrons. The van der Waals surface area contributed by atoms with E-state index in [1.54, 1.807) is 64.4 Å². The fraction of sp³-hybridized carbons (Fsp3) is 0.341. The molecule has 12 rings (SSSR count). The largest absolute Gasteiger partial charge is 0.465 e. The van der Waals surface area contributed by atoms with E-state index in [-0.39, 0.29) is 5.70 Å². The number of rotatable bonds is 5. The SMILES string of the molecule is Brc1cc2c(s1)-c1sccc1[Si]21CCC1.CNc1cc2c(s1)-c1sc(C=O)cc1[Si]21CCC1.[C-]#[N+]/C(=C\c1cc2c(s1)-c1sc(NC)cc1[Si]21CCC1)C(=O)OC(C)(C)C. The first-order chi connectivity index (χ1) is 28.9. The molecule has 3 fully saturated rings. The number of fused-ring (bicyclic) bond motifs is 15. The lowest BCUT2D eigenvalue weighted by Crippen LogP contribution is -2.59. The van der Waals surface area contributed by atoms with Crippen LogP contribution in [0.15, 0.2) is 51.3 Å². The normalized spacial score (nSPS) is 18.2. The van der Waals surface area contributed by atoms with Crippen LogP contribution in [0, 0.1) is 6.57 Å². The average Bonchev–Trinajstić information content (AvgIpc) is 4.00. The van der Waals surface area contributed by atoms with Crippen LogP contribution in [0.1, 0.15) is 54.6 Å². The zero-order valence-electron chi connectivity index (χ0n) is 34.1. The van der Waals surface area contributed by atoms with E-state index >= 15 is 0 Å². The van der Waals surface area contributed by atoms with Crippen molar-refractivity contribution >= 4 is 168 Å². The summed E-state index contributed by atoms with van der Waals surface area (Å²) in [5, 5.41) is 21.2. The van der Waals surface area contributed by atoms with Gasteiger partial charge in [0.05, 0.1) is 25.2 Å². The van der Waals surface area contributed by atoms with Crippen molar-refractivity contribution in [3.05, 3.63) is 72.4 Å². The number of hydrogen-bond donors (Lipinski definition) is 2. The molecular weight excluding hydrogens is 975 g/mol. The minimum absolute atomic E-state index is 0.0523. The smallest absolute Gasteiger partial charge is 0.336 e. The van der Waals surface area contributed by atoms with Gasteiger partial charge in [-0.25, -0.2) is 4.85 Å². The summed E-state index contributed by atoms with van der Waals surface area (Å²) < 4.78 is 6.70. The van der Waals surface area contributed by atoms with Gasteiger partial charge in [0.15, 0.2) is 6.29 Å². The number of esters is 1.